The molecule has 0 spiro atoms. The van der Waals surface area contributed by atoms with Gasteiger partial charge in [0, 0.05) is 22.8 Å². The van der Waals surface area contributed by atoms with Gasteiger partial charge in [0.25, 0.3) is 0 Å². The number of hydrogen-bond acceptors (Lipinski definition) is 4. The zero-order chi connectivity index (χ0) is 17.6. The van der Waals surface area contributed by atoms with Gasteiger partial charge in [-0.2, -0.15) is 0 Å². The first-order valence-electron chi connectivity index (χ1n) is 8.13. The fourth-order valence-corrected chi connectivity index (χ4v) is 3.51. The number of carbonyl (C=O) groups is 1. The Morgan fingerprint density at radius 1 is 1.16 bits per heavy atom. The fourth-order valence-electron chi connectivity index (χ4n) is 2.42. The van der Waals surface area contributed by atoms with Crippen LogP contribution in [0.15, 0.2) is 53.4 Å². The summed E-state index contributed by atoms with van der Waals surface area (Å²) in [6, 6.07) is 15.3. The highest BCUT2D eigenvalue weighted by Gasteiger charge is 2.07. The molecule has 0 amide bonds. The minimum atomic E-state index is 0.409. The second-order valence-electron chi connectivity index (χ2n) is 5.59. The third-order valence-electron chi connectivity index (χ3n) is 3.64. The van der Waals surface area contributed by atoms with Crippen molar-refractivity contribution in [3.63, 3.8) is 0 Å². The second kappa shape index (κ2) is 8.37. The van der Waals surface area contributed by atoms with Gasteiger partial charge in [-0.1, -0.05) is 24.6 Å². The lowest BCUT2D eigenvalue weighted by molar-refractivity contribution is -0.107. The molecule has 0 N–H and O–H groups in total. The molecule has 3 rings (SSSR count). The number of rotatable bonds is 7. The normalized spacial score (nSPS) is 10.8. The second-order valence-corrected chi connectivity index (χ2v) is 7.17. The maximum absolute atomic E-state index is 10.6. The van der Waals surface area contributed by atoms with E-state index in [0.717, 1.165) is 39.8 Å². The molecule has 5 heteroatoms. The fraction of sp³-hybridized carbons (Fsp3) is 0.200. The van der Waals surface area contributed by atoms with E-state index in [-0.39, 0.29) is 0 Å². The summed E-state index contributed by atoms with van der Waals surface area (Å²) in [6.45, 7) is 2.15. The van der Waals surface area contributed by atoms with Gasteiger partial charge in [0.05, 0.1) is 10.5 Å². The molecule has 0 aliphatic rings. The van der Waals surface area contributed by atoms with E-state index in [9.17, 15) is 4.79 Å². The monoisotopic (exact) mass is 371 g/mol. The smallest absolute Gasteiger partial charge is 0.219 e. The topological polar surface area (TPSA) is 39.2 Å². The summed E-state index contributed by atoms with van der Waals surface area (Å²) >= 11 is 8.11. The van der Waals surface area contributed by atoms with Gasteiger partial charge in [0.15, 0.2) is 0 Å². The predicted molar refractivity (Wildman–Crippen MR) is 104 cm³/mol. The lowest BCUT2D eigenvalue weighted by Crippen LogP contribution is -1.91. The molecule has 0 fully saturated rings. The average molecular weight is 372 g/mol. The van der Waals surface area contributed by atoms with Gasteiger partial charge in [-0.15, -0.1) is 11.8 Å². The van der Waals surface area contributed by atoms with Gasteiger partial charge in [-0.25, -0.2) is 4.98 Å². The molecule has 1 aromatic heterocycles. The quantitative estimate of drug-likeness (QED) is 0.381. The van der Waals surface area contributed by atoms with Crippen molar-refractivity contribution in [3.8, 4) is 11.6 Å². The van der Waals surface area contributed by atoms with Crippen LogP contribution in [0.4, 0.5) is 0 Å². The van der Waals surface area contributed by atoms with E-state index in [2.05, 4.69) is 11.9 Å². The summed E-state index contributed by atoms with van der Waals surface area (Å²) < 4.78 is 5.85. The van der Waals surface area contributed by atoms with Crippen molar-refractivity contribution in [2.24, 2.45) is 0 Å². The molecule has 0 aliphatic heterocycles. The summed E-state index contributed by atoms with van der Waals surface area (Å²) in [5.74, 6) is 2.15. The summed E-state index contributed by atoms with van der Waals surface area (Å²) in [4.78, 5) is 16.3. The van der Waals surface area contributed by atoms with Crippen molar-refractivity contribution in [1.82, 2.24) is 4.98 Å². The number of benzene rings is 2. The number of fused-ring (bicyclic) bond motifs is 1. The van der Waals surface area contributed by atoms with Crippen molar-refractivity contribution in [1.29, 1.82) is 0 Å². The molecular formula is C20H18ClNO2S. The number of aldehydes is 1. The van der Waals surface area contributed by atoms with Gasteiger partial charge in [-0.05, 0) is 54.1 Å². The summed E-state index contributed by atoms with van der Waals surface area (Å²) in [6.07, 6.45) is 2.43. The zero-order valence-corrected chi connectivity index (χ0v) is 15.4. The molecule has 3 aromatic rings. The molecule has 25 heavy (non-hydrogen) atoms. The first-order valence-corrected chi connectivity index (χ1v) is 9.49. The molecule has 1 heterocycles. The van der Waals surface area contributed by atoms with Gasteiger partial charge < -0.3 is 9.53 Å². The van der Waals surface area contributed by atoms with Crippen LogP contribution in [0.1, 0.15) is 18.9 Å². The van der Waals surface area contributed by atoms with Gasteiger partial charge in [-0.3, -0.25) is 0 Å². The number of carbonyl (C=O) groups excluding carboxylic acids is 1. The maximum atomic E-state index is 10.6. The van der Waals surface area contributed by atoms with Crippen LogP contribution in [0, 0.1) is 0 Å². The molecule has 128 valence electrons. The van der Waals surface area contributed by atoms with Crippen molar-refractivity contribution in [2.75, 3.05) is 5.75 Å². The Labute approximate surface area is 156 Å². The number of pyridine rings is 1. The molecule has 2 aromatic carbocycles. The molecule has 0 bridgehead atoms. The predicted octanol–water partition coefficient (Wildman–Crippen LogP) is 5.92. The van der Waals surface area contributed by atoms with Crippen molar-refractivity contribution >= 4 is 40.6 Å². The Morgan fingerprint density at radius 2 is 2.04 bits per heavy atom. The van der Waals surface area contributed by atoms with E-state index >= 15 is 0 Å². The minimum Gasteiger partial charge on any atom is -0.437 e. The summed E-state index contributed by atoms with van der Waals surface area (Å²) in [5.41, 5.74) is 1.79. The van der Waals surface area contributed by atoms with Crippen LogP contribution >= 0.6 is 23.4 Å². The SMILES string of the molecule is CCCSc1ccc(Oc2ccc3cc(CC=O)ccc3n2)c(Cl)c1. The lowest BCUT2D eigenvalue weighted by Gasteiger charge is -2.09. The Balaban J connectivity index is 1.80. The Hall–Kier alpha value is -2.04. The van der Waals surface area contributed by atoms with Crippen LogP contribution in [0.5, 0.6) is 11.6 Å². The number of hydrogen-bond donors (Lipinski definition) is 0. The van der Waals surface area contributed by atoms with Crippen LogP contribution < -0.4 is 4.74 Å². The van der Waals surface area contributed by atoms with Crippen molar-refractivity contribution < 1.29 is 9.53 Å². The highest BCUT2D eigenvalue weighted by atomic mass is 35.5. The lowest BCUT2D eigenvalue weighted by atomic mass is 10.1. The van der Waals surface area contributed by atoms with Gasteiger partial charge in [0.2, 0.25) is 5.88 Å². The molecule has 0 radical (unpaired) electrons. The standard InChI is InChI=1S/C20H18ClNO2S/c1-2-11-25-16-5-7-19(17(21)13-16)24-20-8-4-15-12-14(9-10-23)3-6-18(15)22-20/h3-8,10,12-13H,2,9,11H2,1H3. The molecule has 0 aliphatic carbocycles. The first kappa shape index (κ1) is 17.8. The van der Waals surface area contributed by atoms with E-state index in [1.54, 1.807) is 11.8 Å². The maximum Gasteiger partial charge on any atom is 0.219 e. The van der Waals surface area contributed by atoms with E-state index < -0.39 is 0 Å². The van der Waals surface area contributed by atoms with Gasteiger partial charge >= 0.3 is 0 Å². The average Bonchev–Trinajstić information content (AvgIpc) is 2.62. The molecule has 0 unspecified atom stereocenters. The van der Waals surface area contributed by atoms with Crippen LogP contribution in [-0.4, -0.2) is 17.0 Å². The molecule has 0 saturated heterocycles. The number of aromatic nitrogens is 1. The van der Waals surface area contributed by atoms with Crippen LogP contribution in [0.2, 0.25) is 5.02 Å². The van der Waals surface area contributed by atoms with E-state index in [1.165, 1.54) is 0 Å². The molecular weight excluding hydrogens is 354 g/mol. The van der Waals surface area contributed by atoms with E-state index in [0.29, 0.717) is 23.1 Å². The Kier molecular flexibility index (Phi) is 5.95. The van der Waals surface area contributed by atoms with E-state index in [4.69, 9.17) is 16.3 Å². The van der Waals surface area contributed by atoms with E-state index in [1.807, 2.05) is 48.5 Å². The third kappa shape index (κ3) is 4.53. The summed E-state index contributed by atoms with van der Waals surface area (Å²) in [7, 11) is 0. The van der Waals surface area contributed by atoms with Crippen molar-refractivity contribution in [2.45, 2.75) is 24.7 Å². The largest absolute Gasteiger partial charge is 0.437 e. The Bertz CT molecular complexity index is 898. The number of nitrogens with zero attached hydrogens (tertiary/aromatic N) is 1. The number of halogens is 1. The van der Waals surface area contributed by atoms with Gasteiger partial charge in [0.1, 0.15) is 12.0 Å². The Morgan fingerprint density at radius 3 is 2.80 bits per heavy atom. The molecule has 0 saturated carbocycles. The number of ether oxygens (including phenoxy) is 1. The van der Waals surface area contributed by atoms with Crippen LogP contribution in [-0.2, 0) is 11.2 Å². The third-order valence-corrected chi connectivity index (χ3v) is 5.13. The first-order chi connectivity index (χ1) is 12.2. The highest BCUT2D eigenvalue weighted by molar-refractivity contribution is 7.99. The molecule has 0 atom stereocenters. The van der Waals surface area contributed by atoms with Crippen LogP contribution in [0.3, 0.4) is 0 Å². The molecule has 3 nitrogen and oxygen atoms in total. The zero-order valence-electron chi connectivity index (χ0n) is 13.9. The van der Waals surface area contributed by atoms with Crippen molar-refractivity contribution in [3.05, 3.63) is 59.1 Å². The minimum absolute atomic E-state index is 0.409. The number of thioether (sulfide) groups is 1. The highest BCUT2D eigenvalue weighted by Crippen LogP contribution is 2.33. The van der Waals surface area contributed by atoms with Crippen LogP contribution in [0.25, 0.3) is 10.9 Å². The summed E-state index contributed by atoms with van der Waals surface area (Å²) in [5, 5.41) is 1.55.